The zero-order chi connectivity index (χ0) is 31.2. The van der Waals surface area contributed by atoms with E-state index in [1.54, 1.807) is 24.0 Å². The number of imide groups is 1. The summed E-state index contributed by atoms with van der Waals surface area (Å²) in [7, 11) is 0. The Morgan fingerprint density at radius 3 is 2.36 bits per heavy atom. The first-order valence-electron chi connectivity index (χ1n) is 16.0. The molecular weight excluding hydrogens is 568 g/mol. The standard InChI is InChI=1S/C37H38N2O6/c1-22-19-31(41)34-30(35(22)42)20-29-27(32(34)24-7-9-26(10-8-24)45-18-17-40)11-12-28-33(29)37(44)39(36(28)43)25-13-15-38(16-14-25)21-23-5-3-2-4-6-23/h2-11,19,25,28-29,32-33,40H,12-18,20-21H2,1H3/t28-,29+,32-,33-/m0/s1. The van der Waals surface area contributed by atoms with Crippen molar-refractivity contribution >= 4 is 23.4 Å². The average molecular weight is 607 g/mol. The van der Waals surface area contributed by atoms with Crippen LogP contribution in [0.25, 0.3) is 0 Å². The smallest absolute Gasteiger partial charge is 0.233 e. The van der Waals surface area contributed by atoms with E-state index >= 15 is 0 Å². The van der Waals surface area contributed by atoms with Gasteiger partial charge in [-0.15, -0.1) is 0 Å². The van der Waals surface area contributed by atoms with Gasteiger partial charge in [-0.25, -0.2) is 0 Å². The molecular formula is C37H38N2O6. The minimum Gasteiger partial charge on any atom is -0.491 e. The number of allylic oxidation sites excluding steroid dienone is 6. The number of aliphatic hydroxyl groups is 1. The van der Waals surface area contributed by atoms with E-state index in [1.165, 1.54) is 11.6 Å². The number of amides is 2. The third-order valence-electron chi connectivity index (χ3n) is 10.3. The molecule has 8 heteroatoms. The molecule has 0 saturated carbocycles. The molecule has 8 nitrogen and oxygen atoms in total. The Bertz CT molecular complexity index is 1630. The zero-order valence-corrected chi connectivity index (χ0v) is 25.5. The highest BCUT2D eigenvalue weighted by molar-refractivity contribution is 6.23. The fourth-order valence-electron chi connectivity index (χ4n) is 8.24. The Balaban J connectivity index is 1.16. The van der Waals surface area contributed by atoms with Gasteiger partial charge >= 0.3 is 0 Å². The number of likely N-dealkylation sites (tertiary alicyclic amines) is 2. The molecule has 2 aromatic rings. The molecule has 2 aromatic carbocycles. The van der Waals surface area contributed by atoms with Crippen molar-refractivity contribution in [1.82, 2.24) is 9.80 Å². The van der Waals surface area contributed by atoms with E-state index in [9.17, 15) is 19.2 Å². The summed E-state index contributed by atoms with van der Waals surface area (Å²) in [6.07, 6.45) is 5.71. The summed E-state index contributed by atoms with van der Waals surface area (Å²) >= 11 is 0. The highest BCUT2D eigenvalue weighted by atomic mass is 16.5. The number of benzene rings is 2. The summed E-state index contributed by atoms with van der Waals surface area (Å²) in [5.74, 6) is -1.76. The number of hydrogen-bond donors (Lipinski definition) is 1. The number of piperidine rings is 1. The van der Waals surface area contributed by atoms with Crippen LogP contribution >= 0.6 is 0 Å². The van der Waals surface area contributed by atoms with E-state index in [1.807, 2.05) is 30.3 Å². The number of ether oxygens (including phenoxy) is 1. The molecule has 4 atom stereocenters. The molecule has 45 heavy (non-hydrogen) atoms. The fourth-order valence-corrected chi connectivity index (χ4v) is 8.24. The van der Waals surface area contributed by atoms with Gasteiger partial charge in [-0.1, -0.05) is 54.1 Å². The number of hydrogen-bond acceptors (Lipinski definition) is 7. The Labute approximate surface area is 263 Å². The van der Waals surface area contributed by atoms with E-state index in [0.29, 0.717) is 28.9 Å². The lowest BCUT2D eigenvalue weighted by Gasteiger charge is -2.42. The lowest BCUT2D eigenvalue weighted by molar-refractivity contribution is -0.144. The van der Waals surface area contributed by atoms with Crippen molar-refractivity contribution in [3.05, 3.63) is 100 Å². The van der Waals surface area contributed by atoms with Crippen LogP contribution in [0.15, 0.2) is 89.0 Å². The first-order chi connectivity index (χ1) is 21.9. The molecule has 7 rings (SSSR count). The number of ketones is 2. The van der Waals surface area contributed by atoms with Gasteiger partial charge in [0.15, 0.2) is 11.6 Å². The first kappa shape index (κ1) is 29.6. The second-order valence-corrected chi connectivity index (χ2v) is 12.9. The monoisotopic (exact) mass is 606 g/mol. The largest absolute Gasteiger partial charge is 0.491 e. The van der Waals surface area contributed by atoms with Crippen LogP contribution in [0, 0.1) is 17.8 Å². The van der Waals surface area contributed by atoms with Gasteiger partial charge in [0.2, 0.25) is 11.8 Å². The lowest BCUT2D eigenvalue weighted by Crippen LogP contribution is -2.47. The van der Waals surface area contributed by atoms with E-state index < -0.39 is 17.8 Å². The predicted molar refractivity (Wildman–Crippen MR) is 167 cm³/mol. The molecule has 0 radical (unpaired) electrons. The SMILES string of the molecule is CC1=CC(=O)C2=C(C[C@@H]3C(=CC[C@@H]4C(=O)N(C5CCN(Cc6ccccc6)CC5)C(=O)[C@@H]43)[C@@H]2c2ccc(OCCO)cc2)C1=O. The van der Waals surface area contributed by atoms with Crippen LogP contribution in [0.3, 0.4) is 0 Å². The van der Waals surface area contributed by atoms with Gasteiger partial charge in [-0.05, 0) is 67.9 Å². The van der Waals surface area contributed by atoms with E-state index in [4.69, 9.17) is 9.84 Å². The second-order valence-electron chi connectivity index (χ2n) is 12.9. The Kier molecular flexibility index (Phi) is 7.88. The number of Topliss-reactive ketones (excluding diaryl/α,β-unsaturated/α-hetero) is 1. The van der Waals surface area contributed by atoms with Crippen LogP contribution in [-0.2, 0) is 25.7 Å². The summed E-state index contributed by atoms with van der Waals surface area (Å²) < 4.78 is 5.55. The van der Waals surface area contributed by atoms with Crippen LogP contribution in [0.4, 0.5) is 0 Å². The highest BCUT2D eigenvalue weighted by Gasteiger charge is 2.57. The maximum Gasteiger partial charge on any atom is 0.233 e. The van der Waals surface area contributed by atoms with E-state index in [-0.39, 0.29) is 55.0 Å². The Morgan fingerprint density at radius 2 is 1.64 bits per heavy atom. The van der Waals surface area contributed by atoms with Crippen LogP contribution in [-0.4, -0.2) is 70.6 Å². The van der Waals surface area contributed by atoms with Crippen molar-refractivity contribution in [3.63, 3.8) is 0 Å². The van der Waals surface area contributed by atoms with Crippen molar-refractivity contribution in [2.75, 3.05) is 26.3 Å². The molecule has 0 unspecified atom stereocenters. The van der Waals surface area contributed by atoms with Gasteiger partial charge in [-0.3, -0.25) is 29.0 Å². The maximum atomic E-state index is 14.3. The molecule has 0 spiro atoms. The van der Waals surface area contributed by atoms with Crippen molar-refractivity contribution < 1.29 is 29.0 Å². The minimum absolute atomic E-state index is 0.0920. The summed E-state index contributed by atoms with van der Waals surface area (Å²) in [6.45, 7) is 4.22. The normalized spacial score (nSPS) is 27.2. The van der Waals surface area contributed by atoms with Gasteiger partial charge in [0.05, 0.1) is 18.4 Å². The third kappa shape index (κ3) is 5.20. The predicted octanol–water partition coefficient (Wildman–Crippen LogP) is 4.15. The van der Waals surface area contributed by atoms with Crippen molar-refractivity contribution in [2.24, 2.45) is 17.8 Å². The van der Waals surface area contributed by atoms with Crippen molar-refractivity contribution in [1.29, 1.82) is 0 Å². The van der Waals surface area contributed by atoms with Gasteiger partial charge in [-0.2, -0.15) is 0 Å². The summed E-state index contributed by atoms with van der Waals surface area (Å²) in [5, 5.41) is 9.13. The van der Waals surface area contributed by atoms with Crippen LogP contribution in [0.2, 0.25) is 0 Å². The number of rotatable bonds is 7. The maximum absolute atomic E-state index is 14.3. The topological polar surface area (TPSA) is 104 Å². The lowest BCUT2D eigenvalue weighted by atomic mass is 9.59. The molecule has 5 aliphatic rings. The minimum atomic E-state index is -0.544. The summed E-state index contributed by atoms with van der Waals surface area (Å²) in [4.78, 5) is 59.2. The average Bonchev–Trinajstić information content (AvgIpc) is 3.32. The molecule has 2 saturated heterocycles. The molecule has 2 fully saturated rings. The van der Waals surface area contributed by atoms with E-state index in [0.717, 1.165) is 43.6 Å². The summed E-state index contributed by atoms with van der Waals surface area (Å²) in [5.41, 5.74) is 4.40. The molecule has 0 bridgehead atoms. The molecule has 2 heterocycles. The second kappa shape index (κ2) is 12.0. The van der Waals surface area contributed by atoms with Gasteiger partial charge in [0.25, 0.3) is 0 Å². The van der Waals surface area contributed by atoms with Gasteiger partial charge in [0, 0.05) is 48.3 Å². The molecule has 232 valence electrons. The number of fused-ring (bicyclic) bond motifs is 3. The van der Waals surface area contributed by atoms with Crippen LogP contribution in [0.1, 0.15) is 49.7 Å². The fraction of sp³-hybridized carbons (Fsp3) is 0.405. The number of aliphatic hydroxyl groups excluding tert-OH is 1. The molecule has 2 amide bonds. The van der Waals surface area contributed by atoms with E-state index in [2.05, 4.69) is 23.1 Å². The first-order valence-corrected chi connectivity index (χ1v) is 16.0. The number of nitrogens with zero attached hydrogens (tertiary/aromatic N) is 2. The third-order valence-corrected chi connectivity index (χ3v) is 10.3. The van der Waals surface area contributed by atoms with Crippen molar-refractivity contribution in [2.45, 2.75) is 51.1 Å². The number of carbonyl (C=O) groups excluding carboxylic acids is 4. The zero-order valence-electron chi connectivity index (χ0n) is 25.5. The quantitative estimate of drug-likeness (QED) is 0.287. The highest BCUT2D eigenvalue weighted by Crippen LogP contribution is 2.55. The van der Waals surface area contributed by atoms with Crippen LogP contribution in [0.5, 0.6) is 5.75 Å². The summed E-state index contributed by atoms with van der Waals surface area (Å²) in [6, 6.07) is 17.6. The van der Waals surface area contributed by atoms with Crippen LogP contribution < -0.4 is 4.74 Å². The van der Waals surface area contributed by atoms with Crippen molar-refractivity contribution in [3.8, 4) is 5.75 Å². The molecule has 0 aromatic heterocycles. The van der Waals surface area contributed by atoms with Gasteiger partial charge < -0.3 is 9.84 Å². The molecule has 1 N–H and O–H groups in total. The Morgan fingerprint density at radius 1 is 0.911 bits per heavy atom. The molecule has 3 aliphatic carbocycles. The number of carbonyl (C=O) groups is 4. The molecule has 2 aliphatic heterocycles. The Hall–Kier alpha value is -4.14. The van der Waals surface area contributed by atoms with Gasteiger partial charge in [0.1, 0.15) is 12.4 Å².